The average molecular weight is 158 g/mol. The zero-order valence-electron chi connectivity index (χ0n) is 6.93. The summed E-state index contributed by atoms with van der Waals surface area (Å²) in [6.07, 6.45) is 0. The van der Waals surface area contributed by atoms with E-state index in [1.54, 1.807) is 12.5 Å². The topological polar surface area (TPSA) is 9.23 Å². The Morgan fingerprint density at radius 1 is 1.30 bits per heavy atom. The van der Waals surface area contributed by atoms with Crippen LogP contribution in [0.2, 0.25) is 0 Å². The highest BCUT2D eigenvalue weighted by atomic mass is 32.1. The molecule has 0 atom stereocenters. The third-order valence-corrected chi connectivity index (χ3v) is 1.69. The van der Waals surface area contributed by atoms with E-state index in [0.717, 1.165) is 11.3 Å². The van der Waals surface area contributed by atoms with Gasteiger partial charge in [-0.2, -0.15) is 0 Å². The van der Waals surface area contributed by atoms with Gasteiger partial charge in [0.25, 0.3) is 0 Å². The molecule has 0 radical (unpaired) electrons. The van der Waals surface area contributed by atoms with Gasteiger partial charge in [-0.1, -0.05) is 5.57 Å². The zero-order chi connectivity index (χ0) is 8.15. The molecule has 58 valence electrons. The molecule has 0 aliphatic rings. The number of hydrogen-bond donors (Lipinski definition) is 1. The number of hydrogen-bond acceptors (Lipinski definition) is 2. The number of ether oxygens (including phenoxy) is 1. The molecule has 0 aromatic heterocycles. The molecule has 1 nitrogen and oxygen atoms in total. The molecule has 0 rings (SSSR count). The van der Waals surface area contributed by atoms with Gasteiger partial charge in [0, 0.05) is 5.41 Å². The van der Waals surface area contributed by atoms with Crippen LogP contribution in [0.1, 0.15) is 20.8 Å². The van der Waals surface area contributed by atoms with Gasteiger partial charge in [-0.25, -0.2) is 0 Å². The van der Waals surface area contributed by atoms with Crippen molar-refractivity contribution in [1.82, 2.24) is 0 Å². The third-order valence-electron chi connectivity index (χ3n) is 1.46. The van der Waals surface area contributed by atoms with E-state index in [1.807, 2.05) is 20.8 Å². The first-order valence-electron chi connectivity index (χ1n) is 3.16. The Bertz CT molecular complexity index is 164. The fourth-order valence-corrected chi connectivity index (χ4v) is 0.848. The molecule has 0 bridgehead atoms. The van der Waals surface area contributed by atoms with Crippen molar-refractivity contribution in [2.45, 2.75) is 20.8 Å². The van der Waals surface area contributed by atoms with Crippen LogP contribution >= 0.6 is 12.6 Å². The lowest BCUT2D eigenvalue weighted by Gasteiger charge is -2.06. The van der Waals surface area contributed by atoms with E-state index in [9.17, 15) is 0 Å². The van der Waals surface area contributed by atoms with Gasteiger partial charge in [0.05, 0.1) is 7.11 Å². The molecule has 0 N–H and O–H groups in total. The highest BCUT2D eigenvalue weighted by Crippen LogP contribution is 2.14. The maximum absolute atomic E-state index is 5.05. The Hall–Kier alpha value is -0.370. The minimum absolute atomic E-state index is 0.836. The Labute approximate surface area is 68.2 Å². The summed E-state index contributed by atoms with van der Waals surface area (Å²) in [5.41, 5.74) is 2.40. The normalized spacial score (nSPS) is 11.1. The molecular formula is C8H14OS. The monoisotopic (exact) mass is 158 g/mol. The van der Waals surface area contributed by atoms with E-state index in [-0.39, 0.29) is 0 Å². The van der Waals surface area contributed by atoms with Crippen molar-refractivity contribution in [3.63, 3.8) is 0 Å². The standard InChI is InChI=1S/C8H14OS/c1-6(2)7(3)8(5-10)9-4/h5,10H,1-4H3/b8-5+. The summed E-state index contributed by atoms with van der Waals surface area (Å²) in [4.78, 5) is 0. The summed E-state index contributed by atoms with van der Waals surface area (Å²) in [5, 5.41) is 1.67. The third kappa shape index (κ3) is 2.48. The first kappa shape index (κ1) is 9.63. The molecule has 0 spiro atoms. The molecule has 0 aliphatic heterocycles. The van der Waals surface area contributed by atoms with Crippen molar-refractivity contribution in [2.24, 2.45) is 0 Å². The van der Waals surface area contributed by atoms with E-state index < -0.39 is 0 Å². The molecule has 0 fully saturated rings. The van der Waals surface area contributed by atoms with Crippen LogP contribution in [-0.2, 0) is 4.74 Å². The van der Waals surface area contributed by atoms with Crippen molar-refractivity contribution in [3.05, 3.63) is 22.3 Å². The summed E-state index contributed by atoms with van der Waals surface area (Å²) in [5.74, 6) is 0.836. The van der Waals surface area contributed by atoms with Crippen molar-refractivity contribution in [1.29, 1.82) is 0 Å². The maximum atomic E-state index is 5.05. The van der Waals surface area contributed by atoms with Gasteiger partial charge in [-0.05, 0) is 26.3 Å². The molecule has 0 amide bonds. The van der Waals surface area contributed by atoms with Crippen molar-refractivity contribution < 1.29 is 4.74 Å². The minimum Gasteiger partial charge on any atom is -0.496 e. The van der Waals surface area contributed by atoms with Crippen molar-refractivity contribution in [3.8, 4) is 0 Å². The second-order valence-electron chi connectivity index (χ2n) is 2.32. The molecule has 0 aromatic carbocycles. The molecule has 0 heterocycles. The Kier molecular flexibility index (Phi) is 4.28. The fourth-order valence-electron chi connectivity index (χ4n) is 0.549. The van der Waals surface area contributed by atoms with Crippen LogP contribution in [0, 0.1) is 0 Å². The fraction of sp³-hybridized carbons (Fsp3) is 0.500. The molecule has 2 heteroatoms. The van der Waals surface area contributed by atoms with Gasteiger partial charge in [0.2, 0.25) is 0 Å². The summed E-state index contributed by atoms with van der Waals surface area (Å²) >= 11 is 4.01. The molecule has 0 saturated heterocycles. The van der Waals surface area contributed by atoms with Gasteiger partial charge >= 0.3 is 0 Å². The van der Waals surface area contributed by atoms with Crippen LogP contribution in [0.5, 0.6) is 0 Å². The Morgan fingerprint density at radius 3 is 1.90 bits per heavy atom. The van der Waals surface area contributed by atoms with Gasteiger partial charge < -0.3 is 4.74 Å². The minimum atomic E-state index is 0.836. The van der Waals surface area contributed by atoms with Crippen molar-refractivity contribution >= 4 is 12.6 Å². The quantitative estimate of drug-likeness (QED) is 0.369. The lowest BCUT2D eigenvalue weighted by atomic mass is 10.1. The lowest BCUT2D eigenvalue weighted by Crippen LogP contribution is -1.89. The second kappa shape index (κ2) is 4.45. The van der Waals surface area contributed by atoms with E-state index in [2.05, 4.69) is 12.6 Å². The van der Waals surface area contributed by atoms with Crippen molar-refractivity contribution in [2.75, 3.05) is 7.11 Å². The average Bonchev–Trinajstić information content (AvgIpc) is 1.90. The van der Waals surface area contributed by atoms with E-state index >= 15 is 0 Å². The van der Waals surface area contributed by atoms with Gasteiger partial charge in [0.15, 0.2) is 0 Å². The highest BCUT2D eigenvalue weighted by Gasteiger charge is 1.98. The van der Waals surface area contributed by atoms with Crippen LogP contribution in [0.4, 0.5) is 0 Å². The SMILES string of the molecule is CO/C(=C/S)C(C)=C(C)C. The molecule has 0 aromatic rings. The number of methoxy groups -OCH3 is 1. The van der Waals surface area contributed by atoms with E-state index in [0.29, 0.717) is 0 Å². The number of thiol groups is 1. The molecule has 10 heavy (non-hydrogen) atoms. The number of allylic oxidation sites excluding steroid dienone is 2. The zero-order valence-corrected chi connectivity index (χ0v) is 7.83. The molecule has 0 unspecified atom stereocenters. The van der Waals surface area contributed by atoms with E-state index in [1.165, 1.54) is 5.57 Å². The van der Waals surface area contributed by atoms with E-state index in [4.69, 9.17) is 4.74 Å². The first-order chi connectivity index (χ1) is 4.63. The predicted molar refractivity (Wildman–Crippen MR) is 48.1 cm³/mol. The van der Waals surface area contributed by atoms with Crippen LogP contribution in [0.3, 0.4) is 0 Å². The molecule has 0 saturated carbocycles. The van der Waals surface area contributed by atoms with Crippen LogP contribution in [0.15, 0.2) is 22.3 Å². The maximum Gasteiger partial charge on any atom is 0.127 e. The summed E-state index contributed by atoms with van der Waals surface area (Å²) in [7, 11) is 1.65. The van der Waals surface area contributed by atoms with Gasteiger partial charge in [-0.3, -0.25) is 0 Å². The van der Waals surface area contributed by atoms with Gasteiger partial charge in [-0.15, -0.1) is 12.6 Å². The largest absolute Gasteiger partial charge is 0.496 e. The second-order valence-corrected chi connectivity index (χ2v) is 2.58. The summed E-state index contributed by atoms with van der Waals surface area (Å²) in [6, 6.07) is 0. The molecule has 0 aliphatic carbocycles. The number of rotatable bonds is 2. The highest BCUT2D eigenvalue weighted by molar-refractivity contribution is 7.83. The van der Waals surface area contributed by atoms with Crippen LogP contribution in [-0.4, -0.2) is 7.11 Å². The summed E-state index contributed by atoms with van der Waals surface area (Å²) < 4.78 is 5.05. The van der Waals surface area contributed by atoms with Crippen LogP contribution in [0.25, 0.3) is 0 Å². The summed E-state index contributed by atoms with van der Waals surface area (Å²) in [6.45, 7) is 6.11. The smallest absolute Gasteiger partial charge is 0.127 e. The van der Waals surface area contributed by atoms with Crippen LogP contribution < -0.4 is 0 Å². The Balaban J connectivity index is 4.48. The lowest BCUT2D eigenvalue weighted by molar-refractivity contribution is 0.301. The molecular weight excluding hydrogens is 144 g/mol. The first-order valence-corrected chi connectivity index (χ1v) is 3.68. The Morgan fingerprint density at radius 2 is 1.80 bits per heavy atom. The predicted octanol–water partition coefficient (Wildman–Crippen LogP) is 2.76. The van der Waals surface area contributed by atoms with Gasteiger partial charge in [0.1, 0.15) is 5.76 Å².